The number of rotatable bonds is 6. The average Bonchev–Trinajstić information content (AvgIpc) is 3.05. The molecule has 0 radical (unpaired) electrons. The van der Waals surface area contributed by atoms with Crippen molar-refractivity contribution < 1.29 is 9.25 Å². The summed E-state index contributed by atoms with van der Waals surface area (Å²) in [5.41, 5.74) is 2.94. The van der Waals surface area contributed by atoms with E-state index in [1.54, 1.807) is 6.21 Å². The van der Waals surface area contributed by atoms with Crippen LogP contribution in [0.3, 0.4) is 0 Å². The molecule has 0 saturated heterocycles. The summed E-state index contributed by atoms with van der Waals surface area (Å²) >= 11 is 0. The Morgan fingerprint density at radius 2 is 1.65 bits per heavy atom. The smallest absolute Gasteiger partial charge is 0.195 e. The number of oxime groups is 1. The molecule has 0 aliphatic carbocycles. The molecule has 23 heavy (non-hydrogen) atoms. The zero-order valence-corrected chi connectivity index (χ0v) is 13.0. The lowest BCUT2D eigenvalue weighted by Gasteiger charge is -2.00. The van der Waals surface area contributed by atoms with Crippen molar-refractivity contribution in [2.45, 2.75) is 12.8 Å². The maximum Gasteiger partial charge on any atom is 0.195 e. The Bertz CT molecular complexity index is 708. The number of hydrogen-bond acceptors (Lipinski definition) is 4. The van der Waals surface area contributed by atoms with E-state index >= 15 is 0 Å². The highest BCUT2D eigenvalue weighted by Gasteiger charge is 2.16. The molecule has 1 aromatic heterocycles. The van der Waals surface area contributed by atoms with Gasteiger partial charge in [-0.15, -0.1) is 0 Å². The predicted molar refractivity (Wildman–Crippen MR) is 91.2 cm³/mol. The third kappa shape index (κ3) is 3.66. The van der Waals surface area contributed by atoms with Crippen LogP contribution in [-0.2, 0) is 11.3 Å². The molecule has 0 spiro atoms. The topological polar surface area (TPSA) is 47.6 Å². The highest BCUT2D eigenvalue weighted by Crippen LogP contribution is 2.32. The molecule has 0 bridgehead atoms. The molecule has 0 unspecified atom stereocenters. The minimum absolute atomic E-state index is 0.680. The summed E-state index contributed by atoms with van der Waals surface area (Å²) in [6.45, 7) is 0. The SMILES string of the molecule is CO/N=C/CCc1nc(-c2ccccc2)c(-c2ccccc2)o1. The van der Waals surface area contributed by atoms with E-state index in [1.165, 1.54) is 7.11 Å². The summed E-state index contributed by atoms with van der Waals surface area (Å²) < 4.78 is 6.02. The number of benzene rings is 2. The zero-order chi connectivity index (χ0) is 15.9. The van der Waals surface area contributed by atoms with Crippen molar-refractivity contribution in [2.24, 2.45) is 5.16 Å². The Hall–Kier alpha value is -2.88. The van der Waals surface area contributed by atoms with Crippen molar-refractivity contribution in [1.29, 1.82) is 0 Å². The van der Waals surface area contributed by atoms with Gasteiger partial charge in [-0.3, -0.25) is 0 Å². The molecular formula is C19H18N2O2. The first-order valence-corrected chi connectivity index (χ1v) is 7.54. The number of nitrogens with zero attached hydrogens (tertiary/aromatic N) is 2. The van der Waals surface area contributed by atoms with Gasteiger partial charge in [-0.2, -0.15) is 0 Å². The average molecular weight is 306 g/mol. The van der Waals surface area contributed by atoms with E-state index in [4.69, 9.17) is 4.42 Å². The quantitative estimate of drug-likeness (QED) is 0.495. The fourth-order valence-corrected chi connectivity index (χ4v) is 2.36. The van der Waals surface area contributed by atoms with E-state index in [0.29, 0.717) is 12.3 Å². The summed E-state index contributed by atoms with van der Waals surface area (Å²) in [7, 11) is 1.53. The van der Waals surface area contributed by atoms with Crippen LogP contribution in [0.5, 0.6) is 0 Å². The van der Waals surface area contributed by atoms with Gasteiger partial charge in [-0.05, 0) is 6.42 Å². The number of aromatic nitrogens is 1. The zero-order valence-electron chi connectivity index (χ0n) is 13.0. The Balaban J connectivity index is 1.96. The number of hydrogen-bond donors (Lipinski definition) is 0. The summed E-state index contributed by atoms with van der Waals surface area (Å²) in [6.07, 6.45) is 3.12. The largest absolute Gasteiger partial charge is 0.440 e. The van der Waals surface area contributed by atoms with Gasteiger partial charge < -0.3 is 9.25 Å². The van der Waals surface area contributed by atoms with Gasteiger partial charge in [0.25, 0.3) is 0 Å². The molecule has 3 aromatic rings. The van der Waals surface area contributed by atoms with Crippen LogP contribution in [-0.4, -0.2) is 18.3 Å². The molecule has 0 fully saturated rings. The van der Waals surface area contributed by atoms with Gasteiger partial charge in [0.15, 0.2) is 11.7 Å². The van der Waals surface area contributed by atoms with Crippen molar-refractivity contribution in [3.8, 4) is 22.6 Å². The monoisotopic (exact) mass is 306 g/mol. The highest BCUT2D eigenvalue weighted by atomic mass is 16.6. The molecule has 0 aliphatic rings. The summed E-state index contributed by atoms with van der Waals surface area (Å²) in [5, 5.41) is 3.74. The van der Waals surface area contributed by atoms with Crippen molar-refractivity contribution >= 4 is 6.21 Å². The standard InChI is InChI=1S/C19H18N2O2/c1-22-20-14-8-13-17-21-18(15-9-4-2-5-10-15)19(23-17)16-11-6-3-7-12-16/h2-7,9-12,14H,8,13H2,1H3/b20-14+. The Kier molecular flexibility index (Phi) is 4.84. The maximum absolute atomic E-state index is 6.02. The van der Waals surface area contributed by atoms with E-state index in [-0.39, 0.29) is 0 Å². The minimum atomic E-state index is 0.680. The first-order chi connectivity index (χ1) is 11.4. The first kappa shape index (κ1) is 15.0. The molecule has 0 amide bonds. The van der Waals surface area contributed by atoms with Crippen LogP contribution in [0.4, 0.5) is 0 Å². The molecule has 4 nitrogen and oxygen atoms in total. The van der Waals surface area contributed by atoms with Gasteiger partial charge in [0.2, 0.25) is 0 Å². The molecule has 0 atom stereocenters. The van der Waals surface area contributed by atoms with Gasteiger partial charge in [0.05, 0.1) is 0 Å². The van der Waals surface area contributed by atoms with E-state index in [1.807, 2.05) is 60.7 Å². The van der Waals surface area contributed by atoms with Gasteiger partial charge in [0, 0.05) is 23.8 Å². The molecule has 2 aromatic carbocycles. The van der Waals surface area contributed by atoms with Gasteiger partial charge in [-0.1, -0.05) is 65.8 Å². The van der Waals surface area contributed by atoms with Crippen molar-refractivity contribution in [3.63, 3.8) is 0 Å². The molecule has 3 rings (SSSR count). The Labute approximate surface area is 135 Å². The van der Waals surface area contributed by atoms with Crippen molar-refractivity contribution in [1.82, 2.24) is 4.98 Å². The molecule has 4 heteroatoms. The third-order valence-electron chi connectivity index (χ3n) is 3.42. The molecule has 1 heterocycles. The molecule has 0 N–H and O–H groups in total. The maximum atomic E-state index is 6.02. The van der Waals surface area contributed by atoms with Crippen LogP contribution >= 0.6 is 0 Å². The summed E-state index contributed by atoms with van der Waals surface area (Å²) in [4.78, 5) is 9.35. The van der Waals surface area contributed by atoms with Gasteiger partial charge in [0.1, 0.15) is 12.8 Å². The van der Waals surface area contributed by atoms with E-state index < -0.39 is 0 Å². The lowest BCUT2D eigenvalue weighted by atomic mass is 10.1. The molecule has 0 aliphatic heterocycles. The van der Waals surface area contributed by atoms with Gasteiger partial charge in [-0.25, -0.2) is 4.98 Å². The van der Waals surface area contributed by atoms with Crippen molar-refractivity contribution in [2.75, 3.05) is 7.11 Å². The number of aryl methyl sites for hydroxylation is 1. The third-order valence-corrected chi connectivity index (χ3v) is 3.42. The van der Waals surface area contributed by atoms with E-state index in [9.17, 15) is 0 Å². The summed E-state index contributed by atoms with van der Waals surface area (Å²) in [6, 6.07) is 20.1. The first-order valence-electron chi connectivity index (χ1n) is 7.54. The Morgan fingerprint density at radius 3 is 2.30 bits per heavy atom. The highest BCUT2D eigenvalue weighted by molar-refractivity contribution is 5.76. The van der Waals surface area contributed by atoms with E-state index in [0.717, 1.165) is 29.0 Å². The van der Waals surface area contributed by atoms with Crippen LogP contribution < -0.4 is 0 Å². The fourth-order valence-electron chi connectivity index (χ4n) is 2.36. The Morgan fingerprint density at radius 1 is 1.00 bits per heavy atom. The van der Waals surface area contributed by atoms with Crippen LogP contribution in [0.25, 0.3) is 22.6 Å². The van der Waals surface area contributed by atoms with Gasteiger partial charge >= 0.3 is 0 Å². The second kappa shape index (κ2) is 7.40. The lowest BCUT2D eigenvalue weighted by Crippen LogP contribution is -1.87. The summed E-state index contributed by atoms with van der Waals surface area (Å²) in [5.74, 6) is 1.50. The van der Waals surface area contributed by atoms with E-state index in [2.05, 4.69) is 15.0 Å². The second-order valence-electron chi connectivity index (χ2n) is 5.03. The second-order valence-corrected chi connectivity index (χ2v) is 5.03. The molecular weight excluding hydrogens is 288 g/mol. The van der Waals surface area contributed by atoms with Crippen molar-refractivity contribution in [3.05, 3.63) is 66.6 Å². The minimum Gasteiger partial charge on any atom is -0.440 e. The predicted octanol–water partition coefficient (Wildman–Crippen LogP) is 4.57. The number of oxazole rings is 1. The van der Waals surface area contributed by atoms with Crippen LogP contribution in [0, 0.1) is 0 Å². The normalized spacial score (nSPS) is 11.0. The van der Waals surface area contributed by atoms with Crippen LogP contribution in [0.15, 0.2) is 70.2 Å². The van der Waals surface area contributed by atoms with Crippen LogP contribution in [0.1, 0.15) is 12.3 Å². The molecule has 116 valence electrons. The van der Waals surface area contributed by atoms with Crippen LogP contribution in [0.2, 0.25) is 0 Å². The fraction of sp³-hybridized carbons (Fsp3) is 0.158. The lowest BCUT2D eigenvalue weighted by molar-refractivity contribution is 0.214. The molecule has 0 saturated carbocycles.